The smallest absolute Gasteiger partial charge is 0.357 e. The summed E-state index contributed by atoms with van der Waals surface area (Å²) >= 11 is 0. The molecule has 166 valence electrons. The van der Waals surface area contributed by atoms with Crippen molar-refractivity contribution in [3.8, 4) is 0 Å². The molecule has 0 saturated carbocycles. The van der Waals surface area contributed by atoms with Crippen molar-refractivity contribution in [3.05, 3.63) is 53.2 Å². The molecule has 0 aliphatic carbocycles. The molecule has 3 heterocycles. The molecule has 1 aromatic carbocycles. The Morgan fingerprint density at radius 2 is 1.87 bits per heavy atom. The van der Waals surface area contributed by atoms with Crippen LogP contribution in [0.1, 0.15) is 49.3 Å². The largest absolute Gasteiger partial charge is 0.417 e. The van der Waals surface area contributed by atoms with Gasteiger partial charge in [-0.3, -0.25) is 4.79 Å². The van der Waals surface area contributed by atoms with E-state index in [2.05, 4.69) is 30.1 Å². The second-order valence-corrected chi connectivity index (χ2v) is 8.43. The minimum Gasteiger partial charge on any atom is -0.357 e. The maximum atomic E-state index is 13.4. The molecule has 0 unspecified atom stereocenters. The van der Waals surface area contributed by atoms with Crippen LogP contribution >= 0.6 is 0 Å². The zero-order valence-corrected chi connectivity index (χ0v) is 17.8. The van der Waals surface area contributed by atoms with E-state index >= 15 is 0 Å². The zero-order valence-electron chi connectivity index (χ0n) is 17.8. The van der Waals surface area contributed by atoms with Crippen LogP contribution in [-0.4, -0.2) is 30.5 Å². The van der Waals surface area contributed by atoms with E-state index < -0.39 is 11.7 Å². The molecule has 0 N–H and O–H groups in total. The molecule has 0 spiro atoms. The molecule has 4 nitrogen and oxygen atoms in total. The highest BCUT2D eigenvalue weighted by molar-refractivity contribution is 5.96. The van der Waals surface area contributed by atoms with E-state index in [-0.39, 0.29) is 11.8 Å². The summed E-state index contributed by atoms with van der Waals surface area (Å²) in [5.41, 5.74) is 2.86. The van der Waals surface area contributed by atoms with Crippen LogP contribution < -0.4 is 9.80 Å². The fourth-order valence-electron chi connectivity index (χ4n) is 4.57. The van der Waals surface area contributed by atoms with E-state index in [0.29, 0.717) is 31.7 Å². The summed E-state index contributed by atoms with van der Waals surface area (Å²) in [6.45, 7) is 4.12. The molecule has 2 aromatic rings. The number of nitrogens with zero attached hydrogens (tertiary/aromatic N) is 3. The molecule has 0 bridgehead atoms. The minimum absolute atomic E-state index is 0.0671. The molecule has 1 saturated heterocycles. The third-order valence-corrected chi connectivity index (χ3v) is 6.43. The predicted octanol–water partition coefficient (Wildman–Crippen LogP) is 5.25. The lowest BCUT2D eigenvalue weighted by Crippen LogP contribution is -2.43. The molecule has 1 fully saturated rings. The number of aromatic nitrogens is 1. The molecule has 0 radical (unpaired) electrons. The Morgan fingerprint density at radius 1 is 1.10 bits per heavy atom. The first-order valence-corrected chi connectivity index (χ1v) is 11.1. The van der Waals surface area contributed by atoms with Crippen molar-refractivity contribution in [3.63, 3.8) is 0 Å². The lowest BCUT2D eigenvalue weighted by atomic mass is 9.94. The highest BCUT2D eigenvalue weighted by atomic mass is 19.4. The van der Waals surface area contributed by atoms with Gasteiger partial charge >= 0.3 is 6.18 Å². The summed E-state index contributed by atoms with van der Waals surface area (Å²) in [5.74, 6) is 0.640. The normalized spacial score (nSPS) is 17.9. The summed E-state index contributed by atoms with van der Waals surface area (Å²) in [6, 6.07) is 8.93. The molecule has 1 aromatic heterocycles. The first kappa shape index (κ1) is 21.7. The van der Waals surface area contributed by atoms with E-state index in [1.807, 2.05) is 9.80 Å². The van der Waals surface area contributed by atoms with Crippen LogP contribution in [0.2, 0.25) is 0 Å². The Hall–Kier alpha value is -2.57. The number of pyridine rings is 1. The maximum absolute atomic E-state index is 13.4. The van der Waals surface area contributed by atoms with Gasteiger partial charge in [-0.25, -0.2) is 4.98 Å². The summed E-state index contributed by atoms with van der Waals surface area (Å²) in [6.07, 6.45) is 1.93. The number of carbonyl (C=O) groups excluding carboxylic acids is 1. The number of hydrogen-bond acceptors (Lipinski definition) is 3. The van der Waals surface area contributed by atoms with Crippen molar-refractivity contribution < 1.29 is 18.0 Å². The number of halogens is 3. The van der Waals surface area contributed by atoms with Gasteiger partial charge in [0.05, 0.1) is 5.56 Å². The Balaban J connectivity index is 1.43. The van der Waals surface area contributed by atoms with Crippen LogP contribution in [-0.2, 0) is 23.8 Å². The quantitative estimate of drug-likeness (QED) is 0.666. The lowest BCUT2D eigenvalue weighted by molar-refractivity contribution is -0.137. The third kappa shape index (κ3) is 4.70. The van der Waals surface area contributed by atoms with Crippen LogP contribution in [0.4, 0.5) is 24.7 Å². The van der Waals surface area contributed by atoms with Gasteiger partial charge in [-0.05, 0) is 67.9 Å². The summed E-state index contributed by atoms with van der Waals surface area (Å²) in [7, 11) is 0. The van der Waals surface area contributed by atoms with Gasteiger partial charge in [-0.15, -0.1) is 0 Å². The Bertz CT molecular complexity index is 919. The number of anilines is 2. The Kier molecular flexibility index (Phi) is 6.21. The first-order chi connectivity index (χ1) is 14.9. The fraction of sp³-hybridized carbons (Fsp3) is 0.500. The summed E-state index contributed by atoms with van der Waals surface area (Å²) < 4.78 is 38.3. The SMILES string of the molecule is CCc1ccc2c(c1)CCCCN2C(=O)C1CCN(c2ccc(C(F)(F)F)cn2)CC1. The average Bonchev–Trinajstić information content (AvgIpc) is 3.00. The van der Waals surface area contributed by atoms with E-state index in [9.17, 15) is 18.0 Å². The van der Waals surface area contributed by atoms with Crippen molar-refractivity contribution in [1.82, 2.24) is 4.98 Å². The number of rotatable bonds is 3. The monoisotopic (exact) mass is 431 g/mol. The van der Waals surface area contributed by atoms with Gasteiger partial charge in [-0.2, -0.15) is 13.2 Å². The second-order valence-electron chi connectivity index (χ2n) is 8.43. The van der Waals surface area contributed by atoms with Gasteiger partial charge in [0.2, 0.25) is 5.91 Å². The van der Waals surface area contributed by atoms with Gasteiger partial charge in [0, 0.05) is 37.4 Å². The highest BCUT2D eigenvalue weighted by Crippen LogP contribution is 2.33. The first-order valence-electron chi connectivity index (χ1n) is 11.1. The van der Waals surface area contributed by atoms with Crippen molar-refractivity contribution >= 4 is 17.4 Å². The maximum Gasteiger partial charge on any atom is 0.417 e. The van der Waals surface area contributed by atoms with Crippen LogP contribution in [0.15, 0.2) is 36.5 Å². The summed E-state index contributed by atoms with van der Waals surface area (Å²) in [5, 5.41) is 0. The van der Waals surface area contributed by atoms with Crippen molar-refractivity contribution in [1.29, 1.82) is 0 Å². The molecule has 0 atom stereocenters. The zero-order chi connectivity index (χ0) is 22.0. The number of amides is 1. The van der Waals surface area contributed by atoms with E-state index in [0.717, 1.165) is 50.2 Å². The van der Waals surface area contributed by atoms with Crippen molar-refractivity contribution in [2.75, 3.05) is 29.4 Å². The van der Waals surface area contributed by atoms with E-state index in [4.69, 9.17) is 0 Å². The number of fused-ring (bicyclic) bond motifs is 1. The Labute approximate surface area is 181 Å². The van der Waals surface area contributed by atoms with E-state index in [1.165, 1.54) is 17.2 Å². The van der Waals surface area contributed by atoms with Crippen LogP contribution in [0.5, 0.6) is 0 Å². The number of aryl methyl sites for hydroxylation is 2. The fourth-order valence-corrected chi connectivity index (χ4v) is 4.57. The number of hydrogen-bond donors (Lipinski definition) is 0. The van der Waals surface area contributed by atoms with Crippen LogP contribution in [0, 0.1) is 5.92 Å². The minimum atomic E-state index is -4.38. The van der Waals surface area contributed by atoms with Crippen LogP contribution in [0.25, 0.3) is 0 Å². The lowest BCUT2D eigenvalue weighted by Gasteiger charge is -2.35. The summed E-state index contributed by atoms with van der Waals surface area (Å²) in [4.78, 5) is 21.3. The molecule has 4 rings (SSSR count). The predicted molar refractivity (Wildman–Crippen MR) is 115 cm³/mol. The van der Waals surface area contributed by atoms with Crippen molar-refractivity contribution in [2.45, 2.75) is 51.6 Å². The van der Waals surface area contributed by atoms with Gasteiger partial charge in [0.15, 0.2) is 0 Å². The molecule has 31 heavy (non-hydrogen) atoms. The topological polar surface area (TPSA) is 36.4 Å². The van der Waals surface area contributed by atoms with Gasteiger partial charge < -0.3 is 9.80 Å². The molecule has 2 aliphatic rings. The molecule has 7 heteroatoms. The second kappa shape index (κ2) is 8.89. The van der Waals surface area contributed by atoms with Gasteiger partial charge in [0.1, 0.15) is 5.82 Å². The van der Waals surface area contributed by atoms with Crippen LogP contribution in [0.3, 0.4) is 0 Å². The molecular formula is C24H28F3N3O. The molecular weight excluding hydrogens is 403 g/mol. The molecule has 2 aliphatic heterocycles. The van der Waals surface area contributed by atoms with Gasteiger partial charge in [0.25, 0.3) is 0 Å². The van der Waals surface area contributed by atoms with Crippen molar-refractivity contribution in [2.24, 2.45) is 5.92 Å². The number of benzene rings is 1. The van der Waals surface area contributed by atoms with Gasteiger partial charge in [-0.1, -0.05) is 19.1 Å². The Morgan fingerprint density at radius 3 is 2.52 bits per heavy atom. The highest BCUT2D eigenvalue weighted by Gasteiger charge is 2.33. The molecule has 1 amide bonds. The average molecular weight is 432 g/mol. The van der Waals surface area contributed by atoms with E-state index in [1.54, 1.807) is 0 Å². The number of alkyl halides is 3. The third-order valence-electron chi connectivity index (χ3n) is 6.43. The standard InChI is InChI=1S/C24H28F3N3O/c1-2-17-6-8-21-19(15-17)5-3-4-12-30(21)23(31)18-10-13-29(14-11-18)22-9-7-20(16-28-22)24(25,26)27/h6-9,15-16,18H,2-5,10-14H2,1H3. The number of piperidine rings is 1. The number of carbonyl (C=O) groups is 1.